The van der Waals surface area contributed by atoms with Crippen LogP contribution in [0, 0.1) is 17.0 Å². The number of rotatable bonds is 6. The van der Waals surface area contributed by atoms with Gasteiger partial charge in [0.1, 0.15) is 17.3 Å². The van der Waals surface area contributed by atoms with Crippen LogP contribution in [-0.4, -0.2) is 23.7 Å². The van der Waals surface area contributed by atoms with Gasteiger partial charge in [0, 0.05) is 18.8 Å². The number of nitrogens with one attached hydrogen (secondary N) is 4. The van der Waals surface area contributed by atoms with E-state index in [1.807, 2.05) is 0 Å². The van der Waals surface area contributed by atoms with E-state index in [1.54, 1.807) is 31.3 Å². The number of hydrogen-bond donors (Lipinski definition) is 4. The van der Waals surface area contributed by atoms with E-state index >= 15 is 0 Å². The first-order valence-corrected chi connectivity index (χ1v) is 9.62. The fourth-order valence-corrected chi connectivity index (χ4v) is 3.23. The number of H-pyrrole nitrogens is 1. The fraction of sp³-hybridized carbons (Fsp3) is 0.0952. The van der Waals surface area contributed by atoms with Crippen LogP contribution in [0.4, 0.5) is 20.2 Å². The number of aromatic nitrogens is 1. The van der Waals surface area contributed by atoms with Crippen molar-refractivity contribution in [2.75, 3.05) is 12.4 Å². The Morgan fingerprint density at radius 3 is 2.33 bits per heavy atom. The summed E-state index contributed by atoms with van der Waals surface area (Å²) >= 11 is 3.26. The van der Waals surface area contributed by atoms with Crippen molar-refractivity contribution < 1.29 is 13.6 Å². The van der Waals surface area contributed by atoms with Crippen molar-refractivity contribution in [2.24, 2.45) is 0 Å². The third-order valence-corrected chi connectivity index (χ3v) is 5.02. The molecule has 0 spiro atoms. The van der Waals surface area contributed by atoms with Gasteiger partial charge in [-0.25, -0.2) is 8.78 Å². The van der Waals surface area contributed by atoms with Gasteiger partial charge in [-0.05, 0) is 33.6 Å². The highest BCUT2D eigenvalue weighted by Crippen LogP contribution is 2.31. The lowest BCUT2D eigenvalue weighted by atomic mass is 10.00. The molecule has 0 unspecified atom stereocenters. The van der Waals surface area contributed by atoms with Crippen LogP contribution >= 0.6 is 15.9 Å². The van der Waals surface area contributed by atoms with E-state index < -0.39 is 22.9 Å². The summed E-state index contributed by atoms with van der Waals surface area (Å²) in [5.41, 5.74) is -0.0793. The van der Waals surface area contributed by atoms with Gasteiger partial charge >= 0.3 is 0 Å². The number of likely N-dealkylation sites (N-methyl/N-ethyl adjacent to an activating group) is 1. The molecule has 1 aromatic heterocycles. The average molecular weight is 475 g/mol. The molecule has 3 rings (SSSR count). The lowest BCUT2D eigenvalue weighted by Crippen LogP contribution is -2.21. The van der Waals surface area contributed by atoms with Crippen LogP contribution in [0.1, 0.15) is 16.7 Å². The SMILES string of the molecule is CNC(=O)Cc1ccc(C(=N)c2c(Nc3c(F)cccc3F)c(Br)c[nH]c2=O)cc1. The Bertz CT molecular complexity index is 1160. The van der Waals surface area contributed by atoms with Crippen molar-refractivity contribution in [3.63, 3.8) is 0 Å². The number of carbonyl (C=O) groups excluding carboxylic acids is 1. The largest absolute Gasteiger partial charge is 0.359 e. The summed E-state index contributed by atoms with van der Waals surface area (Å²) in [6, 6.07) is 9.96. The quantitative estimate of drug-likeness (QED) is 0.408. The molecule has 0 aliphatic carbocycles. The molecule has 0 saturated heterocycles. The first-order chi connectivity index (χ1) is 14.3. The summed E-state index contributed by atoms with van der Waals surface area (Å²) in [5, 5.41) is 13.7. The van der Waals surface area contributed by atoms with Gasteiger partial charge in [0.15, 0.2) is 0 Å². The maximum absolute atomic E-state index is 14.1. The van der Waals surface area contributed by atoms with Gasteiger partial charge in [-0.15, -0.1) is 0 Å². The molecule has 0 fully saturated rings. The number of carbonyl (C=O) groups is 1. The molecule has 0 atom stereocenters. The summed E-state index contributed by atoms with van der Waals surface area (Å²) in [6.07, 6.45) is 1.51. The van der Waals surface area contributed by atoms with Gasteiger partial charge in [-0.2, -0.15) is 0 Å². The molecule has 0 aliphatic heterocycles. The van der Waals surface area contributed by atoms with E-state index in [0.29, 0.717) is 10.0 Å². The number of para-hydroxylation sites is 1. The highest BCUT2D eigenvalue weighted by molar-refractivity contribution is 9.10. The van der Waals surface area contributed by atoms with E-state index in [1.165, 1.54) is 12.3 Å². The minimum absolute atomic E-state index is 0.0576. The molecule has 2 aromatic carbocycles. The van der Waals surface area contributed by atoms with Crippen molar-refractivity contribution >= 4 is 38.9 Å². The second-order valence-corrected chi connectivity index (χ2v) is 7.21. The highest BCUT2D eigenvalue weighted by Gasteiger charge is 2.20. The molecular weight excluding hydrogens is 458 g/mol. The van der Waals surface area contributed by atoms with Crippen LogP contribution < -0.4 is 16.2 Å². The monoisotopic (exact) mass is 474 g/mol. The van der Waals surface area contributed by atoms with Gasteiger partial charge in [-0.3, -0.25) is 15.0 Å². The summed E-state index contributed by atoms with van der Waals surface area (Å²) < 4.78 is 28.5. The minimum atomic E-state index is -0.835. The summed E-state index contributed by atoms with van der Waals surface area (Å²) in [4.78, 5) is 26.5. The Labute approximate surface area is 179 Å². The highest BCUT2D eigenvalue weighted by atomic mass is 79.9. The Morgan fingerprint density at radius 2 is 1.73 bits per heavy atom. The Hall–Kier alpha value is -3.33. The second-order valence-electron chi connectivity index (χ2n) is 6.36. The molecule has 9 heteroatoms. The van der Waals surface area contributed by atoms with Crippen LogP contribution in [0.25, 0.3) is 0 Å². The van der Waals surface area contributed by atoms with E-state index in [9.17, 15) is 18.4 Å². The number of benzene rings is 2. The lowest BCUT2D eigenvalue weighted by molar-refractivity contribution is -0.119. The van der Waals surface area contributed by atoms with Crippen molar-refractivity contribution in [2.45, 2.75) is 6.42 Å². The Balaban J connectivity index is 2.02. The molecule has 6 nitrogen and oxygen atoms in total. The third kappa shape index (κ3) is 4.46. The molecule has 154 valence electrons. The molecule has 3 aromatic rings. The molecule has 0 saturated carbocycles. The maximum Gasteiger partial charge on any atom is 0.259 e. The van der Waals surface area contributed by atoms with Crippen LogP contribution in [0.2, 0.25) is 0 Å². The van der Waals surface area contributed by atoms with Gasteiger partial charge < -0.3 is 15.6 Å². The van der Waals surface area contributed by atoms with Gasteiger partial charge in [0.2, 0.25) is 5.91 Å². The van der Waals surface area contributed by atoms with Gasteiger partial charge in [0.25, 0.3) is 5.56 Å². The van der Waals surface area contributed by atoms with E-state index in [2.05, 4.69) is 31.5 Å². The van der Waals surface area contributed by atoms with Crippen LogP contribution in [0.3, 0.4) is 0 Å². The summed E-state index contributed by atoms with van der Waals surface area (Å²) in [6.45, 7) is 0. The molecule has 0 bridgehead atoms. The zero-order chi connectivity index (χ0) is 21.8. The van der Waals surface area contributed by atoms with Crippen molar-refractivity contribution in [3.8, 4) is 0 Å². The average Bonchev–Trinajstić information content (AvgIpc) is 2.73. The number of aromatic amines is 1. The number of halogens is 3. The first-order valence-electron chi connectivity index (χ1n) is 8.83. The molecule has 0 radical (unpaired) electrons. The second kappa shape index (κ2) is 9.00. The number of pyridine rings is 1. The molecule has 1 amide bonds. The number of amides is 1. The molecule has 0 aliphatic rings. The zero-order valence-electron chi connectivity index (χ0n) is 15.8. The summed E-state index contributed by atoms with van der Waals surface area (Å²) in [7, 11) is 1.54. The van der Waals surface area contributed by atoms with Crippen molar-refractivity contribution in [1.82, 2.24) is 10.3 Å². The van der Waals surface area contributed by atoms with Crippen molar-refractivity contribution in [3.05, 3.63) is 91.8 Å². The normalized spacial score (nSPS) is 10.5. The topological polar surface area (TPSA) is 97.8 Å². The minimum Gasteiger partial charge on any atom is -0.359 e. The zero-order valence-corrected chi connectivity index (χ0v) is 17.4. The van der Waals surface area contributed by atoms with E-state index in [0.717, 1.165) is 17.7 Å². The Kier molecular flexibility index (Phi) is 6.41. The van der Waals surface area contributed by atoms with E-state index in [4.69, 9.17) is 5.41 Å². The number of hydrogen-bond acceptors (Lipinski definition) is 4. The van der Waals surface area contributed by atoms with Crippen molar-refractivity contribution in [1.29, 1.82) is 5.41 Å². The molecule has 1 heterocycles. The first kappa shape index (κ1) is 21.4. The van der Waals surface area contributed by atoms with Crippen LogP contribution in [0.5, 0.6) is 0 Å². The standard InChI is InChI=1S/C21H17BrF2N4O2/c1-26-16(29)9-11-5-7-12(8-6-11)18(25)17-19(13(22)10-27-21(17)30)28-20-14(23)3-2-4-15(20)24/h2-8,10,25H,9H2,1H3,(H,26,29)(H2,27,28,30). The molecule has 30 heavy (non-hydrogen) atoms. The molecular formula is C21H17BrF2N4O2. The van der Waals surface area contributed by atoms with Crippen LogP contribution in [0.15, 0.2) is 57.9 Å². The van der Waals surface area contributed by atoms with Gasteiger partial charge in [0.05, 0.1) is 27.9 Å². The lowest BCUT2D eigenvalue weighted by Gasteiger charge is -2.15. The Morgan fingerprint density at radius 1 is 1.10 bits per heavy atom. The van der Waals surface area contributed by atoms with Gasteiger partial charge in [-0.1, -0.05) is 30.3 Å². The predicted molar refractivity (Wildman–Crippen MR) is 115 cm³/mol. The predicted octanol–water partition coefficient (Wildman–Crippen LogP) is 3.86. The molecule has 4 N–H and O–H groups in total. The summed E-state index contributed by atoms with van der Waals surface area (Å²) in [5.74, 6) is -1.82. The maximum atomic E-state index is 14.1. The third-order valence-electron chi connectivity index (χ3n) is 4.39. The number of anilines is 2. The fourth-order valence-electron chi connectivity index (χ4n) is 2.82. The van der Waals surface area contributed by atoms with E-state index in [-0.39, 0.29) is 29.3 Å². The smallest absolute Gasteiger partial charge is 0.259 e. The van der Waals surface area contributed by atoms with Crippen LogP contribution in [-0.2, 0) is 11.2 Å².